The molecule has 1 rings (SSSR count). The van der Waals surface area contributed by atoms with Crippen LogP contribution in [0.3, 0.4) is 0 Å². The molecule has 0 radical (unpaired) electrons. The highest BCUT2D eigenvalue weighted by molar-refractivity contribution is 9.09. The van der Waals surface area contributed by atoms with Crippen molar-refractivity contribution in [2.75, 3.05) is 5.33 Å². The summed E-state index contributed by atoms with van der Waals surface area (Å²) in [6.45, 7) is 0. The lowest BCUT2D eigenvalue weighted by atomic mass is 10.0. The molecule has 0 aliphatic rings. The van der Waals surface area contributed by atoms with Crippen LogP contribution in [0.1, 0.15) is 11.5 Å². The van der Waals surface area contributed by atoms with E-state index in [0.29, 0.717) is 10.4 Å². The van der Waals surface area contributed by atoms with Gasteiger partial charge in [0.15, 0.2) is 0 Å². The Kier molecular flexibility index (Phi) is 3.76. The van der Waals surface area contributed by atoms with Crippen molar-refractivity contribution >= 4 is 33.8 Å². The number of rotatable bonds is 3. The summed E-state index contributed by atoms with van der Waals surface area (Å²) in [5, 5.41) is 1.34. The highest BCUT2D eigenvalue weighted by atomic mass is 79.9. The van der Waals surface area contributed by atoms with Crippen molar-refractivity contribution in [3.05, 3.63) is 34.9 Å². The SMILES string of the molecule is O=CC(CBr)c1ccc(Cl)cc1. The minimum atomic E-state index is -0.0673. The van der Waals surface area contributed by atoms with Gasteiger partial charge in [-0.3, -0.25) is 0 Å². The predicted octanol–water partition coefficient (Wildman–Crippen LogP) is 3.02. The molecule has 0 saturated carbocycles. The lowest BCUT2D eigenvalue weighted by Gasteiger charge is -2.05. The molecule has 0 saturated heterocycles. The smallest absolute Gasteiger partial charge is 0.128 e. The van der Waals surface area contributed by atoms with Gasteiger partial charge in [0.05, 0.1) is 0 Å². The van der Waals surface area contributed by atoms with Gasteiger partial charge in [0, 0.05) is 16.3 Å². The summed E-state index contributed by atoms with van der Waals surface area (Å²) < 4.78 is 0. The number of alkyl halides is 1. The summed E-state index contributed by atoms with van der Waals surface area (Å²) in [5.74, 6) is -0.0673. The number of carbonyl (C=O) groups excluding carboxylic acids is 1. The molecule has 3 heteroatoms. The van der Waals surface area contributed by atoms with Crippen LogP contribution in [-0.4, -0.2) is 11.6 Å². The van der Waals surface area contributed by atoms with E-state index in [9.17, 15) is 4.79 Å². The molecule has 0 aromatic heterocycles. The zero-order chi connectivity index (χ0) is 8.97. The predicted molar refractivity (Wildman–Crippen MR) is 54.1 cm³/mol. The van der Waals surface area contributed by atoms with Crippen LogP contribution >= 0.6 is 27.5 Å². The van der Waals surface area contributed by atoms with Gasteiger partial charge in [-0.1, -0.05) is 39.7 Å². The molecule has 0 amide bonds. The van der Waals surface area contributed by atoms with Crippen molar-refractivity contribution in [3.63, 3.8) is 0 Å². The molecule has 0 N–H and O–H groups in total. The number of hydrogen-bond acceptors (Lipinski definition) is 1. The molecule has 1 nitrogen and oxygen atoms in total. The third kappa shape index (κ3) is 2.32. The minimum absolute atomic E-state index is 0.0673. The second kappa shape index (κ2) is 4.63. The molecule has 1 atom stereocenters. The first-order chi connectivity index (χ1) is 5.77. The topological polar surface area (TPSA) is 17.1 Å². The highest BCUT2D eigenvalue weighted by Gasteiger charge is 2.07. The van der Waals surface area contributed by atoms with Gasteiger partial charge in [-0.05, 0) is 17.7 Å². The first-order valence-electron chi connectivity index (χ1n) is 3.54. The molecule has 0 fully saturated rings. The third-order valence-electron chi connectivity index (χ3n) is 1.63. The van der Waals surface area contributed by atoms with Crippen molar-refractivity contribution in [1.29, 1.82) is 0 Å². The molecular weight excluding hydrogens is 239 g/mol. The van der Waals surface area contributed by atoms with Crippen molar-refractivity contribution in [2.45, 2.75) is 5.92 Å². The number of halogens is 2. The summed E-state index contributed by atoms with van der Waals surface area (Å²) in [4.78, 5) is 10.6. The van der Waals surface area contributed by atoms with E-state index in [2.05, 4.69) is 15.9 Å². The second-order valence-corrected chi connectivity index (χ2v) is 3.53. The van der Waals surface area contributed by atoms with Crippen LogP contribution in [-0.2, 0) is 4.79 Å². The van der Waals surface area contributed by atoms with Gasteiger partial charge in [-0.15, -0.1) is 0 Å². The fourth-order valence-electron chi connectivity index (χ4n) is 0.914. The van der Waals surface area contributed by atoms with Crippen molar-refractivity contribution in [3.8, 4) is 0 Å². The normalized spacial score (nSPS) is 12.5. The zero-order valence-corrected chi connectivity index (χ0v) is 8.68. The first-order valence-corrected chi connectivity index (χ1v) is 5.04. The minimum Gasteiger partial charge on any atom is -0.303 e. The monoisotopic (exact) mass is 246 g/mol. The van der Waals surface area contributed by atoms with Crippen LogP contribution in [0.25, 0.3) is 0 Å². The summed E-state index contributed by atoms with van der Waals surface area (Å²) >= 11 is 8.97. The van der Waals surface area contributed by atoms with Gasteiger partial charge >= 0.3 is 0 Å². The van der Waals surface area contributed by atoms with Crippen LogP contribution < -0.4 is 0 Å². The number of aldehydes is 1. The molecule has 1 aromatic carbocycles. The Bertz CT molecular complexity index is 258. The van der Waals surface area contributed by atoms with Gasteiger partial charge in [0.25, 0.3) is 0 Å². The Balaban J connectivity index is 2.87. The Morgan fingerprint density at radius 1 is 1.42 bits per heavy atom. The zero-order valence-electron chi connectivity index (χ0n) is 6.34. The summed E-state index contributed by atoms with van der Waals surface area (Å²) in [6.07, 6.45) is 0.929. The summed E-state index contributed by atoms with van der Waals surface area (Å²) in [7, 11) is 0. The van der Waals surface area contributed by atoms with E-state index >= 15 is 0 Å². The van der Waals surface area contributed by atoms with Crippen molar-refractivity contribution in [1.82, 2.24) is 0 Å². The van der Waals surface area contributed by atoms with E-state index in [4.69, 9.17) is 11.6 Å². The molecule has 1 aromatic rings. The third-order valence-corrected chi connectivity index (χ3v) is 2.58. The van der Waals surface area contributed by atoms with Crippen LogP contribution in [0.15, 0.2) is 24.3 Å². The maximum Gasteiger partial charge on any atom is 0.128 e. The van der Waals surface area contributed by atoms with Crippen LogP contribution in [0.4, 0.5) is 0 Å². The van der Waals surface area contributed by atoms with Gasteiger partial charge < -0.3 is 4.79 Å². The molecular formula is C9H8BrClO. The van der Waals surface area contributed by atoms with Gasteiger partial charge in [-0.2, -0.15) is 0 Å². The average molecular weight is 248 g/mol. The molecule has 0 spiro atoms. The van der Waals surface area contributed by atoms with Crippen LogP contribution in [0.2, 0.25) is 5.02 Å². The fourth-order valence-corrected chi connectivity index (χ4v) is 1.57. The number of benzene rings is 1. The number of carbonyl (C=O) groups is 1. The van der Waals surface area contributed by atoms with E-state index in [1.54, 1.807) is 12.1 Å². The quantitative estimate of drug-likeness (QED) is 0.593. The van der Waals surface area contributed by atoms with Gasteiger partial charge in [0.2, 0.25) is 0 Å². The lowest BCUT2D eigenvalue weighted by Crippen LogP contribution is -2.00. The molecule has 0 heterocycles. The van der Waals surface area contributed by atoms with Gasteiger partial charge in [-0.25, -0.2) is 0 Å². The second-order valence-electron chi connectivity index (χ2n) is 2.45. The molecule has 12 heavy (non-hydrogen) atoms. The van der Waals surface area contributed by atoms with Gasteiger partial charge in [0.1, 0.15) is 6.29 Å². The lowest BCUT2D eigenvalue weighted by molar-refractivity contribution is -0.108. The Labute approximate surface area is 84.9 Å². The van der Waals surface area contributed by atoms with Crippen LogP contribution in [0, 0.1) is 0 Å². The van der Waals surface area contributed by atoms with E-state index in [1.807, 2.05) is 12.1 Å². The first kappa shape index (κ1) is 9.75. The summed E-state index contributed by atoms with van der Waals surface area (Å²) in [6, 6.07) is 7.30. The number of hydrogen-bond donors (Lipinski definition) is 0. The van der Waals surface area contributed by atoms with E-state index in [-0.39, 0.29) is 5.92 Å². The summed E-state index contributed by atoms with van der Waals surface area (Å²) in [5.41, 5.74) is 0.992. The molecule has 0 bridgehead atoms. The maximum atomic E-state index is 10.6. The standard InChI is InChI=1S/C9H8BrClO/c10-5-8(6-12)7-1-3-9(11)4-2-7/h1-4,6,8H,5H2. The maximum absolute atomic E-state index is 10.6. The average Bonchev–Trinajstić information content (AvgIpc) is 2.10. The van der Waals surface area contributed by atoms with E-state index < -0.39 is 0 Å². The van der Waals surface area contributed by atoms with Crippen molar-refractivity contribution < 1.29 is 4.79 Å². The Morgan fingerprint density at radius 2 is 2.00 bits per heavy atom. The molecule has 1 unspecified atom stereocenters. The Morgan fingerprint density at radius 3 is 2.42 bits per heavy atom. The Hall–Kier alpha value is -0.340. The van der Waals surface area contributed by atoms with E-state index in [0.717, 1.165) is 11.8 Å². The van der Waals surface area contributed by atoms with E-state index in [1.165, 1.54) is 0 Å². The molecule has 0 aliphatic carbocycles. The largest absolute Gasteiger partial charge is 0.303 e. The molecule has 64 valence electrons. The molecule has 0 aliphatic heterocycles. The fraction of sp³-hybridized carbons (Fsp3) is 0.222. The van der Waals surface area contributed by atoms with Crippen molar-refractivity contribution in [2.24, 2.45) is 0 Å². The highest BCUT2D eigenvalue weighted by Crippen LogP contribution is 2.18. The van der Waals surface area contributed by atoms with Crippen LogP contribution in [0.5, 0.6) is 0 Å².